The first-order valence-corrected chi connectivity index (χ1v) is 7.07. The topological polar surface area (TPSA) is 77.2 Å². The Bertz CT molecular complexity index is 619. The number of benzene rings is 1. The molecule has 0 unspecified atom stereocenters. The summed E-state index contributed by atoms with van der Waals surface area (Å²) in [5.41, 5.74) is 2.79. The van der Waals surface area contributed by atoms with E-state index in [4.69, 9.17) is 10.6 Å². The lowest BCUT2D eigenvalue weighted by Crippen LogP contribution is -2.31. The number of carbonyl (C=O) groups is 1. The van der Waals surface area contributed by atoms with Gasteiger partial charge in [-0.1, -0.05) is 22.0 Å². The zero-order valence-corrected chi connectivity index (χ0v) is 13.0. The van der Waals surface area contributed by atoms with Gasteiger partial charge in [0.15, 0.2) is 5.75 Å². The maximum Gasteiger partial charge on any atom is 0.237 e. The fourth-order valence-corrected chi connectivity index (χ4v) is 2.99. The van der Waals surface area contributed by atoms with Crippen LogP contribution in [0.4, 0.5) is 0 Å². The molecule has 2 aromatic rings. The molecule has 0 radical (unpaired) electrons. The van der Waals surface area contributed by atoms with Crippen molar-refractivity contribution in [1.29, 1.82) is 0 Å². The van der Waals surface area contributed by atoms with Crippen LogP contribution in [0.1, 0.15) is 6.42 Å². The second-order valence-corrected chi connectivity index (χ2v) is 5.44. The molecular formula is C12H11Br2N3O2. The Hall–Kier alpha value is -1.18. The smallest absolute Gasteiger partial charge is 0.237 e. The fourth-order valence-electron chi connectivity index (χ4n) is 1.60. The number of hydrazine groups is 1. The van der Waals surface area contributed by atoms with Crippen LogP contribution in [-0.2, 0) is 4.79 Å². The van der Waals surface area contributed by atoms with E-state index in [9.17, 15) is 4.79 Å². The minimum Gasteiger partial charge on any atom is -0.490 e. The van der Waals surface area contributed by atoms with E-state index in [-0.39, 0.29) is 18.9 Å². The Morgan fingerprint density at radius 1 is 1.42 bits per heavy atom. The largest absolute Gasteiger partial charge is 0.490 e. The van der Waals surface area contributed by atoms with E-state index in [0.29, 0.717) is 5.75 Å². The molecule has 0 saturated carbocycles. The van der Waals surface area contributed by atoms with Crippen LogP contribution in [0.2, 0.25) is 0 Å². The number of carbonyl (C=O) groups excluding carboxylic acids is 1. The van der Waals surface area contributed by atoms with Gasteiger partial charge >= 0.3 is 0 Å². The normalized spacial score (nSPS) is 10.5. The summed E-state index contributed by atoms with van der Waals surface area (Å²) in [6, 6.07) is 5.69. The molecule has 2 rings (SSSR count). The van der Waals surface area contributed by atoms with Crippen LogP contribution in [0.25, 0.3) is 10.9 Å². The molecule has 0 aliphatic rings. The zero-order chi connectivity index (χ0) is 13.8. The van der Waals surface area contributed by atoms with Gasteiger partial charge < -0.3 is 4.74 Å². The first-order chi connectivity index (χ1) is 9.13. The number of fused-ring (bicyclic) bond motifs is 1. The molecule has 3 N–H and O–H groups in total. The van der Waals surface area contributed by atoms with E-state index in [1.807, 2.05) is 18.2 Å². The number of nitrogens with one attached hydrogen (secondary N) is 1. The molecule has 19 heavy (non-hydrogen) atoms. The van der Waals surface area contributed by atoms with Crippen molar-refractivity contribution in [1.82, 2.24) is 10.4 Å². The lowest BCUT2D eigenvalue weighted by atomic mass is 10.2. The molecule has 0 bridgehead atoms. The number of rotatable bonds is 4. The van der Waals surface area contributed by atoms with E-state index >= 15 is 0 Å². The van der Waals surface area contributed by atoms with Crippen LogP contribution >= 0.6 is 31.9 Å². The van der Waals surface area contributed by atoms with Gasteiger partial charge in [0.05, 0.1) is 17.5 Å². The number of hydrogen-bond donors (Lipinski definition) is 2. The third-order valence-electron chi connectivity index (χ3n) is 2.49. The predicted octanol–water partition coefficient (Wildman–Crippen LogP) is 2.52. The lowest BCUT2D eigenvalue weighted by Gasteiger charge is -2.11. The molecule has 0 atom stereocenters. The molecule has 100 valence electrons. The summed E-state index contributed by atoms with van der Waals surface area (Å²) in [5.74, 6) is 5.35. The summed E-state index contributed by atoms with van der Waals surface area (Å²) in [6.07, 6.45) is 1.88. The highest BCUT2D eigenvalue weighted by atomic mass is 79.9. The van der Waals surface area contributed by atoms with Crippen LogP contribution in [0.5, 0.6) is 5.75 Å². The molecule has 0 aliphatic heterocycles. The van der Waals surface area contributed by atoms with E-state index in [1.165, 1.54) is 0 Å². The van der Waals surface area contributed by atoms with Gasteiger partial charge in [-0.05, 0) is 28.1 Å². The van der Waals surface area contributed by atoms with Gasteiger partial charge in [0.2, 0.25) is 5.91 Å². The molecule has 0 aliphatic carbocycles. The van der Waals surface area contributed by atoms with E-state index in [0.717, 1.165) is 19.8 Å². The molecule has 0 fully saturated rings. The number of nitrogens with zero attached hydrogens (tertiary/aromatic N) is 1. The number of amides is 1. The van der Waals surface area contributed by atoms with Gasteiger partial charge in [0.25, 0.3) is 0 Å². The van der Waals surface area contributed by atoms with Crippen molar-refractivity contribution >= 4 is 48.7 Å². The number of nitrogens with two attached hydrogens (primary N) is 1. The Morgan fingerprint density at radius 2 is 2.21 bits per heavy atom. The van der Waals surface area contributed by atoms with Crippen LogP contribution < -0.4 is 16.0 Å². The van der Waals surface area contributed by atoms with Gasteiger partial charge in [0.1, 0.15) is 5.52 Å². The van der Waals surface area contributed by atoms with Crippen LogP contribution in [-0.4, -0.2) is 17.5 Å². The Balaban J connectivity index is 2.29. The quantitative estimate of drug-likeness (QED) is 0.479. The number of hydrogen-bond acceptors (Lipinski definition) is 4. The number of aromatic nitrogens is 1. The van der Waals surface area contributed by atoms with Crippen LogP contribution in [0.15, 0.2) is 33.3 Å². The molecule has 0 spiro atoms. The van der Waals surface area contributed by atoms with Gasteiger partial charge in [-0.25, -0.2) is 5.84 Å². The van der Waals surface area contributed by atoms with Crippen molar-refractivity contribution in [2.45, 2.75) is 6.42 Å². The van der Waals surface area contributed by atoms with Crippen molar-refractivity contribution in [3.8, 4) is 5.75 Å². The zero-order valence-electron chi connectivity index (χ0n) is 9.82. The third kappa shape index (κ3) is 3.23. The average Bonchev–Trinajstić information content (AvgIpc) is 2.42. The number of pyridine rings is 1. The highest BCUT2D eigenvalue weighted by molar-refractivity contribution is 9.11. The Kier molecular flexibility index (Phi) is 4.73. The van der Waals surface area contributed by atoms with Gasteiger partial charge in [-0.2, -0.15) is 0 Å². The van der Waals surface area contributed by atoms with Gasteiger partial charge in [-0.15, -0.1) is 0 Å². The predicted molar refractivity (Wildman–Crippen MR) is 79.6 cm³/mol. The second kappa shape index (κ2) is 6.31. The van der Waals surface area contributed by atoms with Crippen molar-refractivity contribution in [2.24, 2.45) is 5.84 Å². The highest BCUT2D eigenvalue weighted by Crippen LogP contribution is 2.37. The Labute approximate surface area is 126 Å². The molecule has 7 heteroatoms. The van der Waals surface area contributed by atoms with Crippen molar-refractivity contribution in [3.63, 3.8) is 0 Å². The molecular weight excluding hydrogens is 378 g/mol. The molecule has 1 heterocycles. The SMILES string of the molecule is NNC(=O)CCOc1c(Br)cc(Br)c2cccnc12. The summed E-state index contributed by atoms with van der Waals surface area (Å²) < 4.78 is 7.33. The van der Waals surface area contributed by atoms with Gasteiger partial charge in [0, 0.05) is 16.1 Å². The fraction of sp³-hybridized carbons (Fsp3) is 0.167. The van der Waals surface area contributed by atoms with E-state index < -0.39 is 0 Å². The summed E-state index contributed by atoms with van der Waals surface area (Å²) in [5, 5.41) is 0.948. The molecule has 5 nitrogen and oxygen atoms in total. The van der Waals surface area contributed by atoms with E-state index in [2.05, 4.69) is 42.3 Å². The maximum absolute atomic E-state index is 11.1. The first kappa shape index (κ1) is 14.2. The minimum absolute atomic E-state index is 0.188. The Morgan fingerprint density at radius 3 is 2.95 bits per heavy atom. The van der Waals surface area contributed by atoms with Crippen molar-refractivity contribution in [2.75, 3.05) is 6.61 Å². The molecule has 1 amide bonds. The number of halogens is 2. The summed E-state index contributed by atoms with van der Waals surface area (Å²) in [4.78, 5) is 15.4. The lowest BCUT2D eigenvalue weighted by molar-refractivity contribution is -0.121. The van der Waals surface area contributed by atoms with Gasteiger partial charge in [-0.3, -0.25) is 15.2 Å². The summed E-state index contributed by atoms with van der Waals surface area (Å²) in [6.45, 7) is 0.231. The standard InChI is InChI=1S/C12H11Br2N3O2/c13-8-6-9(14)12(19-5-3-10(18)17-15)11-7(8)2-1-4-16-11/h1-2,4,6H,3,5,15H2,(H,17,18). The summed E-state index contributed by atoms with van der Waals surface area (Å²) in [7, 11) is 0. The van der Waals surface area contributed by atoms with Crippen molar-refractivity contribution < 1.29 is 9.53 Å². The monoisotopic (exact) mass is 387 g/mol. The maximum atomic E-state index is 11.1. The third-order valence-corrected chi connectivity index (χ3v) is 3.73. The van der Waals surface area contributed by atoms with E-state index in [1.54, 1.807) is 6.20 Å². The highest BCUT2D eigenvalue weighted by Gasteiger charge is 2.12. The molecule has 1 aromatic heterocycles. The minimum atomic E-state index is -0.273. The van der Waals surface area contributed by atoms with Crippen molar-refractivity contribution in [3.05, 3.63) is 33.3 Å². The first-order valence-electron chi connectivity index (χ1n) is 5.48. The summed E-state index contributed by atoms with van der Waals surface area (Å²) >= 11 is 6.91. The second-order valence-electron chi connectivity index (χ2n) is 3.73. The molecule has 0 saturated heterocycles. The van der Waals surface area contributed by atoms with Crippen LogP contribution in [0, 0.1) is 0 Å². The van der Waals surface area contributed by atoms with Crippen LogP contribution in [0.3, 0.4) is 0 Å². The molecule has 1 aromatic carbocycles. The number of ether oxygens (including phenoxy) is 1. The average molecular weight is 389 g/mol.